The van der Waals surface area contributed by atoms with Gasteiger partial charge in [0.1, 0.15) is 6.54 Å². The summed E-state index contributed by atoms with van der Waals surface area (Å²) in [6.45, 7) is 6.94. The van der Waals surface area contributed by atoms with Crippen LogP contribution in [0.25, 0.3) is 0 Å². The van der Waals surface area contributed by atoms with Crippen LogP contribution in [0.4, 0.5) is 5.82 Å². The van der Waals surface area contributed by atoms with Gasteiger partial charge in [0.15, 0.2) is 11.8 Å². The predicted octanol–water partition coefficient (Wildman–Crippen LogP) is -0.655. The Morgan fingerprint density at radius 1 is 1.31 bits per heavy atom. The minimum absolute atomic E-state index is 0.0383. The molecule has 1 aromatic rings. The van der Waals surface area contributed by atoms with E-state index in [9.17, 15) is 9.59 Å². The van der Waals surface area contributed by atoms with Gasteiger partial charge in [-0.3, -0.25) is 9.59 Å². The molecule has 1 saturated heterocycles. The lowest BCUT2D eigenvalue weighted by atomic mass is 10.3. The first-order valence-electron chi connectivity index (χ1n) is 8.82. The van der Waals surface area contributed by atoms with E-state index in [1.54, 1.807) is 33.5 Å². The number of hydrogen-bond acceptors (Lipinski definition) is 5. The van der Waals surface area contributed by atoms with E-state index in [4.69, 9.17) is 0 Å². The molecule has 0 spiro atoms. The maximum Gasteiger partial charge on any atom is 0.293 e. The van der Waals surface area contributed by atoms with Gasteiger partial charge < -0.3 is 24.6 Å². The molecule has 0 aromatic carbocycles. The predicted molar refractivity (Wildman–Crippen MR) is 103 cm³/mol. The molecule has 2 rings (SSSR count). The number of nitrogens with one attached hydrogen (secondary N) is 1. The Morgan fingerprint density at radius 3 is 2.54 bits per heavy atom. The topological polar surface area (TPSA) is 86.1 Å². The first-order chi connectivity index (χ1) is 12.3. The van der Waals surface area contributed by atoms with E-state index in [0.29, 0.717) is 32.0 Å². The summed E-state index contributed by atoms with van der Waals surface area (Å²) in [5, 5.41) is 3.32. The number of hydrogen-bond donors (Lipinski definition) is 1. The molecule has 1 aromatic heterocycles. The van der Waals surface area contributed by atoms with E-state index in [1.165, 1.54) is 9.47 Å². The Labute approximate surface area is 154 Å². The standard InChI is InChI=1S/C17H29N7O2/c1-13(2)20-17(19-12-14(25)21(3)4)24-10-8-23(9-11-24)15-16(26)22(5)7-6-18-15/h6-7,13H,8-12H2,1-5H3,(H,19,20). The van der Waals surface area contributed by atoms with Crippen LogP contribution in [-0.4, -0.2) is 84.1 Å². The van der Waals surface area contributed by atoms with Gasteiger partial charge in [0.05, 0.1) is 0 Å². The highest BCUT2D eigenvalue weighted by Crippen LogP contribution is 2.09. The van der Waals surface area contributed by atoms with E-state index in [-0.39, 0.29) is 24.1 Å². The zero-order chi connectivity index (χ0) is 19.3. The van der Waals surface area contributed by atoms with Gasteiger partial charge in [-0.05, 0) is 13.8 Å². The largest absolute Gasteiger partial charge is 0.354 e. The van der Waals surface area contributed by atoms with Crippen molar-refractivity contribution in [2.24, 2.45) is 12.0 Å². The second kappa shape index (κ2) is 8.68. The van der Waals surface area contributed by atoms with Crippen LogP contribution in [0, 0.1) is 0 Å². The quantitative estimate of drug-likeness (QED) is 0.565. The van der Waals surface area contributed by atoms with E-state index in [0.717, 1.165) is 5.96 Å². The molecule has 9 heteroatoms. The maximum atomic E-state index is 12.2. The number of carbonyl (C=O) groups is 1. The van der Waals surface area contributed by atoms with Crippen molar-refractivity contribution in [2.75, 3.05) is 51.7 Å². The minimum atomic E-state index is -0.0910. The average molecular weight is 363 g/mol. The van der Waals surface area contributed by atoms with Gasteiger partial charge in [-0.15, -0.1) is 0 Å². The lowest BCUT2D eigenvalue weighted by molar-refractivity contribution is -0.127. The third-order valence-corrected chi connectivity index (χ3v) is 4.16. The fourth-order valence-corrected chi connectivity index (χ4v) is 2.61. The zero-order valence-electron chi connectivity index (χ0n) is 16.3. The molecule has 0 unspecified atom stereocenters. The van der Waals surface area contributed by atoms with E-state index >= 15 is 0 Å². The third kappa shape index (κ3) is 4.96. The van der Waals surface area contributed by atoms with Gasteiger partial charge in [-0.2, -0.15) is 0 Å². The molecule has 2 heterocycles. The van der Waals surface area contributed by atoms with Gasteiger partial charge in [0.25, 0.3) is 5.56 Å². The maximum absolute atomic E-state index is 12.2. The number of carbonyl (C=O) groups excluding carboxylic acids is 1. The number of piperazine rings is 1. The van der Waals surface area contributed by atoms with Gasteiger partial charge >= 0.3 is 0 Å². The van der Waals surface area contributed by atoms with Crippen molar-refractivity contribution in [3.63, 3.8) is 0 Å². The van der Waals surface area contributed by atoms with Crippen LogP contribution in [0.5, 0.6) is 0 Å². The van der Waals surface area contributed by atoms with E-state index < -0.39 is 0 Å². The zero-order valence-corrected chi connectivity index (χ0v) is 16.3. The number of aryl methyl sites for hydroxylation is 1. The summed E-state index contributed by atoms with van der Waals surface area (Å²) in [6, 6.07) is 0.212. The fraction of sp³-hybridized carbons (Fsp3) is 0.647. The summed E-state index contributed by atoms with van der Waals surface area (Å²) in [4.78, 5) is 38.4. The summed E-state index contributed by atoms with van der Waals surface area (Å²) in [5.74, 6) is 1.17. The van der Waals surface area contributed by atoms with Crippen molar-refractivity contribution in [1.82, 2.24) is 24.7 Å². The van der Waals surface area contributed by atoms with Crippen molar-refractivity contribution in [2.45, 2.75) is 19.9 Å². The molecule has 1 aliphatic heterocycles. The molecule has 0 bridgehead atoms. The Hall–Kier alpha value is -2.58. The van der Waals surface area contributed by atoms with Crippen LogP contribution < -0.4 is 15.8 Å². The molecule has 0 saturated carbocycles. The molecule has 1 amide bonds. The number of rotatable bonds is 4. The molecular formula is C17H29N7O2. The summed E-state index contributed by atoms with van der Waals surface area (Å²) >= 11 is 0. The van der Waals surface area contributed by atoms with Crippen LogP contribution in [0.15, 0.2) is 22.2 Å². The number of guanidine groups is 1. The van der Waals surface area contributed by atoms with Gasteiger partial charge in [0.2, 0.25) is 5.91 Å². The molecule has 0 radical (unpaired) electrons. The smallest absolute Gasteiger partial charge is 0.293 e. The van der Waals surface area contributed by atoms with Crippen LogP contribution in [0.3, 0.4) is 0 Å². The number of aromatic nitrogens is 2. The Kier molecular flexibility index (Phi) is 6.59. The van der Waals surface area contributed by atoms with Crippen LogP contribution in [-0.2, 0) is 11.8 Å². The second-order valence-corrected chi connectivity index (χ2v) is 6.87. The van der Waals surface area contributed by atoms with Gasteiger partial charge in [0, 0.05) is 65.8 Å². The summed E-state index contributed by atoms with van der Waals surface area (Å²) in [7, 11) is 5.17. The fourth-order valence-electron chi connectivity index (χ4n) is 2.61. The number of anilines is 1. The molecular weight excluding hydrogens is 334 g/mol. The SMILES string of the molecule is CC(C)NC(=NCC(=O)N(C)C)N1CCN(c2nccn(C)c2=O)CC1. The molecule has 144 valence electrons. The number of nitrogens with zero attached hydrogens (tertiary/aromatic N) is 6. The lowest BCUT2D eigenvalue weighted by Crippen LogP contribution is -2.54. The van der Waals surface area contributed by atoms with Crippen LogP contribution >= 0.6 is 0 Å². The molecule has 26 heavy (non-hydrogen) atoms. The van der Waals surface area contributed by atoms with Crippen molar-refractivity contribution in [3.8, 4) is 0 Å². The van der Waals surface area contributed by atoms with Gasteiger partial charge in [-0.25, -0.2) is 9.98 Å². The van der Waals surface area contributed by atoms with Crippen molar-refractivity contribution < 1.29 is 4.79 Å². The summed E-state index contributed by atoms with van der Waals surface area (Å²) < 4.78 is 1.54. The minimum Gasteiger partial charge on any atom is -0.354 e. The number of aliphatic imine (C=N–C) groups is 1. The molecule has 1 aliphatic rings. The summed E-state index contributed by atoms with van der Waals surface area (Å²) in [5.41, 5.74) is -0.0910. The Balaban J connectivity index is 2.06. The summed E-state index contributed by atoms with van der Waals surface area (Å²) in [6.07, 6.45) is 3.30. The highest BCUT2D eigenvalue weighted by molar-refractivity contribution is 5.85. The van der Waals surface area contributed by atoms with E-state index in [1.807, 2.05) is 18.7 Å². The Morgan fingerprint density at radius 2 is 1.96 bits per heavy atom. The Bertz CT molecular complexity index is 703. The van der Waals surface area contributed by atoms with Gasteiger partial charge in [-0.1, -0.05) is 0 Å². The third-order valence-electron chi connectivity index (χ3n) is 4.16. The molecule has 9 nitrogen and oxygen atoms in total. The molecule has 1 N–H and O–H groups in total. The van der Waals surface area contributed by atoms with Crippen LogP contribution in [0.2, 0.25) is 0 Å². The van der Waals surface area contributed by atoms with Crippen molar-refractivity contribution in [3.05, 3.63) is 22.7 Å². The van der Waals surface area contributed by atoms with Crippen molar-refractivity contribution in [1.29, 1.82) is 0 Å². The highest BCUT2D eigenvalue weighted by atomic mass is 16.2. The number of likely N-dealkylation sites (N-methyl/N-ethyl adjacent to an activating group) is 1. The highest BCUT2D eigenvalue weighted by Gasteiger charge is 2.23. The molecule has 0 atom stereocenters. The second-order valence-electron chi connectivity index (χ2n) is 6.87. The van der Waals surface area contributed by atoms with Crippen LogP contribution in [0.1, 0.15) is 13.8 Å². The monoisotopic (exact) mass is 363 g/mol. The lowest BCUT2D eigenvalue weighted by Gasteiger charge is -2.37. The molecule has 0 aliphatic carbocycles. The first kappa shape index (κ1) is 19.7. The number of amides is 1. The van der Waals surface area contributed by atoms with Crippen molar-refractivity contribution >= 4 is 17.7 Å². The van der Waals surface area contributed by atoms with E-state index in [2.05, 4.69) is 20.2 Å². The molecule has 1 fully saturated rings. The average Bonchev–Trinajstić information content (AvgIpc) is 2.60. The normalized spacial score (nSPS) is 15.4. The first-order valence-corrected chi connectivity index (χ1v) is 8.82.